The number of carbonyl (C=O) groups is 1. The number of carbonyl (C=O) groups excluding carboxylic acids is 1. The number of ether oxygens (including phenoxy) is 1. The van der Waals surface area contributed by atoms with Crippen LogP contribution in [-0.4, -0.2) is 57.8 Å². The molecular formula is C20H22N4O2S. The van der Waals surface area contributed by atoms with Crippen molar-refractivity contribution in [3.05, 3.63) is 41.6 Å². The van der Waals surface area contributed by atoms with E-state index in [9.17, 15) is 4.79 Å². The van der Waals surface area contributed by atoms with Gasteiger partial charge in [-0.15, -0.1) is 0 Å². The molecule has 0 saturated carbocycles. The second-order valence-corrected chi connectivity index (χ2v) is 7.64. The normalized spacial score (nSPS) is 14.7. The third-order valence-corrected chi connectivity index (χ3v) is 5.81. The lowest BCUT2D eigenvalue weighted by Gasteiger charge is -2.26. The van der Waals surface area contributed by atoms with Crippen molar-refractivity contribution in [1.82, 2.24) is 19.9 Å². The molecule has 1 N–H and O–H groups in total. The molecule has 0 unspecified atom stereocenters. The lowest BCUT2D eigenvalue weighted by Crippen LogP contribution is -2.41. The molecule has 1 saturated heterocycles. The van der Waals surface area contributed by atoms with E-state index in [1.165, 1.54) is 22.9 Å². The van der Waals surface area contributed by atoms with Crippen LogP contribution in [0.4, 0.5) is 0 Å². The largest absolute Gasteiger partial charge is 0.378 e. The predicted molar refractivity (Wildman–Crippen MR) is 107 cm³/mol. The quantitative estimate of drug-likeness (QED) is 0.702. The van der Waals surface area contributed by atoms with E-state index in [-0.39, 0.29) is 5.91 Å². The average Bonchev–Trinajstić information content (AvgIpc) is 3.10. The number of aromatic amines is 1. The number of hydrogen-bond acceptors (Lipinski definition) is 5. The molecule has 0 bridgehead atoms. The molecule has 3 heterocycles. The molecule has 1 aliphatic heterocycles. The third kappa shape index (κ3) is 3.84. The zero-order valence-corrected chi connectivity index (χ0v) is 16.3. The summed E-state index contributed by atoms with van der Waals surface area (Å²) < 4.78 is 5.31. The van der Waals surface area contributed by atoms with Crippen LogP contribution in [0, 0.1) is 13.8 Å². The van der Waals surface area contributed by atoms with Crippen LogP contribution in [0.3, 0.4) is 0 Å². The van der Waals surface area contributed by atoms with Crippen LogP contribution in [0.5, 0.6) is 0 Å². The van der Waals surface area contributed by atoms with Crippen molar-refractivity contribution in [3.63, 3.8) is 0 Å². The molecule has 1 aromatic carbocycles. The molecule has 0 aliphatic carbocycles. The number of thioether (sulfide) groups is 1. The minimum atomic E-state index is 0.121. The number of amides is 1. The van der Waals surface area contributed by atoms with Crippen molar-refractivity contribution in [1.29, 1.82) is 0 Å². The summed E-state index contributed by atoms with van der Waals surface area (Å²) in [6.45, 7) is 6.74. The van der Waals surface area contributed by atoms with E-state index in [1.807, 2.05) is 17.0 Å². The van der Waals surface area contributed by atoms with E-state index in [0.29, 0.717) is 32.1 Å². The van der Waals surface area contributed by atoms with E-state index < -0.39 is 0 Å². The number of benzene rings is 1. The van der Waals surface area contributed by atoms with Crippen molar-refractivity contribution < 1.29 is 9.53 Å². The van der Waals surface area contributed by atoms with E-state index in [0.717, 1.165) is 27.4 Å². The maximum absolute atomic E-state index is 12.4. The summed E-state index contributed by atoms with van der Waals surface area (Å²) in [7, 11) is 0. The molecule has 3 aromatic rings. The molecule has 2 aromatic heterocycles. The van der Waals surface area contributed by atoms with E-state index in [1.54, 1.807) is 6.20 Å². The molecule has 6 nitrogen and oxygen atoms in total. The van der Waals surface area contributed by atoms with Gasteiger partial charge in [0.25, 0.3) is 0 Å². The molecule has 1 fully saturated rings. The molecule has 1 amide bonds. The van der Waals surface area contributed by atoms with Crippen molar-refractivity contribution >= 4 is 28.7 Å². The fraction of sp³-hybridized carbons (Fsp3) is 0.350. The highest BCUT2D eigenvalue weighted by atomic mass is 32.2. The maximum atomic E-state index is 12.4. The van der Waals surface area contributed by atoms with Gasteiger partial charge in [0.15, 0.2) is 0 Å². The van der Waals surface area contributed by atoms with Gasteiger partial charge < -0.3 is 14.6 Å². The van der Waals surface area contributed by atoms with E-state index in [4.69, 9.17) is 9.72 Å². The molecule has 1 aliphatic rings. The lowest BCUT2D eigenvalue weighted by atomic mass is 10.1. The first-order valence-electron chi connectivity index (χ1n) is 9.02. The molecule has 0 spiro atoms. The number of hydrogen-bond donors (Lipinski definition) is 1. The summed E-state index contributed by atoms with van der Waals surface area (Å²) in [6, 6.07) is 8.10. The summed E-state index contributed by atoms with van der Waals surface area (Å²) in [4.78, 5) is 26.9. The molecule has 4 rings (SSSR count). The first-order valence-corrected chi connectivity index (χ1v) is 10.0. The molecule has 0 radical (unpaired) electrons. The summed E-state index contributed by atoms with van der Waals surface area (Å²) in [5.41, 5.74) is 5.32. The molecule has 140 valence electrons. The number of pyridine rings is 1. The minimum Gasteiger partial charge on any atom is -0.378 e. The topological polar surface area (TPSA) is 71.1 Å². The minimum absolute atomic E-state index is 0.121. The van der Waals surface area contributed by atoms with Gasteiger partial charge >= 0.3 is 0 Å². The Morgan fingerprint density at radius 1 is 1.26 bits per heavy atom. The van der Waals surface area contributed by atoms with Crippen LogP contribution < -0.4 is 0 Å². The van der Waals surface area contributed by atoms with Gasteiger partial charge in [-0.05, 0) is 49.2 Å². The standard InChI is InChI=1S/C20H22N4O2S/c1-13-10-16-17(11-14(13)2)23-19(22-16)15-4-3-5-21-20(15)27-12-18(25)24-6-8-26-9-7-24/h3-5,10-11H,6-9,12H2,1-2H3,(H,22,23). The van der Waals surface area contributed by atoms with Gasteiger partial charge in [0.2, 0.25) is 5.91 Å². The highest BCUT2D eigenvalue weighted by Crippen LogP contribution is 2.30. The smallest absolute Gasteiger partial charge is 0.233 e. The molecule has 0 atom stereocenters. The van der Waals surface area contributed by atoms with Crippen LogP contribution in [0.25, 0.3) is 22.4 Å². The van der Waals surface area contributed by atoms with Gasteiger partial charge in [0.05, 0.1) is 30.0 Å². The van der Waals surface area contributed by atoms with Gasteiger partial charge in [0, 0.05) is 24.8 Å². The Balaban J connectivity index is 1.57. The lowest BCUT2D eigenvalue weighted by molar-refractivity contribution is -0.132. The van der Waals surface area contributed by atoms with Crippen LogP contribution in [0.15, 0.2) is 35.5 Å². The number of fused-ring (bicyclic) bond motifs is 1. The summed E-state index contributed by atoms with van der Waals surface area (Å²) in [6.07, 6.45) is 1.75. The van der Waals surface area contributed by atoms with Gasteiger partial charge in [0.1, 0.15) is 10.9 Å². The summed E-state index contributed by atoms with van der Waals surface area (Å²) in [5.74, 6) is 1.27. The highest BCUT2D eigenvalue weighted by molar-refractivity contribution is 8.00. The second-order valence-electron chi connectivity index (χ2n) is 6.68. The Hall–Kier alpha value is -2.38. The Labute approximate surface area is 162 Å². The Kier molecular flexibility index (Phi) is 5.13. The SMILES string of the molecule is Cc1cc2nc(-c3cccnc3SCC(=O)N3CCOCC3)[nH]c2cc1C. The Morgan fingerprint density at radius 3 is 2.85 bits per heavy atom. The van der Waals surface area contributed by atoms with Gasteiger partial charge in [-0.1, -0.05) is 11.8 Å². The zero-order valence-electron chi connectivity index (χ0n) is 15.5. The first-order chi connectivity index (χ1) is 13.1. The van der Waals surface area contributed by atoms with Gasteiger partial charge in [-0.25, -0.2) is 9.97 Å². The average molecular weight is 382 g/mol. The van der Waals surface area contributed by atoms with E-state index in [2.05, 4.69) is 35.9 Å². The molecular weight excluding hydrogens is 360 g/mol. The summed E-state index contributed by atoms with van der Waals surface area (Å²) in [5, 5.41) is 0.812. The fourth-order valence-electron chi connectivity index (χ4n) is 3.12. The molecule has 27 heavy (non-hydrogen) atoms. The molecule has 7 heteroatoms. The van der Waals surface area contributed by atoms with Crippen LogP contribution >= 0.6 is 11.8 Å². The third-order valence-electron chi connectivity index (χ3n) is 4.82. The van der Waals surface area contributed by atoms with Crippen molar-refractivity contribution in [2.45, 2.75) is 18.9 Å². The van der Waals surface area contributed by atoms with Crippen LogP contribution in [-0.2, 0) is 9.53 Å². The number of nitrogens with one attached hydrogen (secondary N) is 1. The second kappa shape index (κ2) is 7.70. The highest BCUT2D eigenvalue weighted by Gasteiger charge is 2.18. The number of aromatic nitrogens is 3. The number of imidazole rings is 1. The van der Waals surface area contributed by atoms with Crippen molar-refractivity contribution in [2.24, 2.45) is 0 Å². The van der Waals surface area contributed by atoms with Crippen molar-refractivity contribution in [3.8, 4) is 11.4 Å². The zero-order chi connectivity index (χ0) is 18.8. The van der Waals surface area contributed by atoms with Gasteiger partial charge in [-0.2, -0.15) is 0 Å². The number of H-pyrrole nitrogens is 1. The first kappa shape index (κ1) is 18.0. The number of rotatable bonds is 4. The number of nitrogens with zero attached hydrogens (tertiary/aromatic N) is 3. The number of aryl methyl sites for hydroxylation is 2. The van der Waals surface area contributed by atoms with Crippen LogP contribution in [0.1, 0.15) is 11.1 Å². The van der Waals surface area contributed by atoms with E-state index >= 15 is 0 Å². The van der Waals surface area contributed by atoms with Crippen molar-refractivity contribution in [2.75, 3.05) is 32.1 Å². The van der Waals surface area contributed by atoms with Crippen LogP contribution in [0.2, 0.25) is 0 Å². The van der Waals surface area contributed by atoms with Gasteiger partial charge in [-0.3, -0.25) is 4.79 Å². The maximum Gasteiger partial charge on any atom is 0.233 e. The Morgan fingerprint density at radius 2 is 2.04 bits per heavy atom. The summed E-state index contributed by atoms with van der Waals surface area (Å²) >= 11 is 1.46. The number of morpholine rings is 1. The monoisotopic (exact) mass is 382 g/mol. The Bertz CT molecular complexity index is 940. The predicted octanol–water partition coefficient (Wildman–Crippen LogP) is 3.19. The fourth-order valence-corrected chi connectivity index (χ4v) is 4.02.